The number of carbonyl (C=O) groups excluding carboxylic acids is 3. The van der Waals surface area contributed by atoms with E-state index >= 15 is 0 Å². The number of fused-ring (bicyclic) bond motifs is 1. The molecule has 0 radical (unpaired) electrons. The summed E-state index contributed by atoms with van der Waals surface area (Å²) in [6.07, 6.45) is -2.87. The van der Waals surface area contributed by atoms with Gasteiger partial charge in [0.1, 0.15) is 13.1 Å². The van der Waals surface area contributed by atoms with Crippen LogP contribution in [0.3, 0.4) is 0 Å². The Morgan fingerprint density at radius 1 is 1.03 bits per heavy atom. The van der Waals surface area contributed by atoms with Crippen LogP contribution in [0.1, 0.15) is 21.5 Å². The Morgan fingerprint density at radius 2 is 1.80 bits per heavy atom. The van der Waals surface area contributed by atoms with Gasteiger partial charge in [-0.3, -0.25) is 19.5 Å². The molecule has 1 saturated heterocycles. The van der Waals surface area contributed by atoms with Crippen molar-refractivity contribution in [3.05, 3.63) is 53.2 Å². The van der Waals surface area contributed by atoms with E-state index in [0.29, 0.717) is 16.8 Å². The second kappa shape index (κ2) is 7.12. The molecule has 0 N–H and O–H groups in total. The molecular formula is C20H17F3N4O3. The van der Waals surface area contributed by atoms with Gasteiger partial charge in [0, 0.05) is 37.5 Å². The Kier molecular flexibility index (Phi) is 4.71. The first-order valence-corrected chi connectivity index (χ1v) is 9.12. The highest BCUT2D eigenvalue weighted by atomic mass is 19.4. The molecule has 4 rings (SSSR count). The van der Waals surface area contributed by atoms with Crippen LogP contribution < -0.4 is 0 Å². The fraction of sp³-hybridized carbons (Fsp3) is 0.300. The van der Waals surface area contributed by atoms with Crippen molar-refractivity contribution < 1.29 is 27.6 Å². The van der Waals surface area contributed by atoms with E-state index in [4.69, 9.17) is 0 Å². The lowest BCUT2D eigenvalue weighted by Gasteiger charge is -2.17. The Balaban J connectivity index is 1.49. The molecule has 0 bridgehead atoms. The van der Waals surface area contributed by atoms with E-state index in [-0.39, 0.29) is 37.1 Å². The summed E-state index contributed by atoms with van der Waals surface area (Å²) in [5.41, 5.74) is 2.79. The minimum absolute atomic E-state index is 0.0182. The summed E-state index contributed by atoms with van der Waals surface area (Å²) in [4.78, 5) is 43.3. The van der Waals surface area contributed by atoms with Crippen LogP contribution in [0.5, 0.6) is 0 Å². The van der Waals surface area contributed by atoms with Crippen molar-refractivity contribution in [2.24, 2.45) is 0 Å². The van der Waals surface area contributed by atoms with Crippen LogP contribution in [-0.2, 0) is 17.9 Å². The van der Waals surface area contributed by atoms with Crippen LogP contribution >= 0.6 is 0 Å². The molecule has 3 heterocycles. The lowest BCUT2D eigenvalue weighted by atomic mass is 10.0. The molecule has 156 valence electrons. The smallest absolute Gasteiger partial charge is 0.325 e. The highest BCUT2D eigenvalue weighted by Gasteiger charge is 2.37. The third-order valence-electron chi connectivity index (χ3n) is 5.11. The largest absolute Gasteiger partial charge is 0.406 e. The van der Waals surface area contributed by atoms with Crippen LogP contribution in [0.15, 0.2) is 36.5 Å². The van der Waals surface area contributed by atoms with Crippen molar-refractivity contribution in [3.8, 4) is 11.3 Å². The molecule has 0 aliphatic carbocycles. The number of benzene rings is 1. The Bertz CT molecular complexity index is 1040. The van der Waals surface area contributed by atoms with Gasteiger partial charge in [0.2, 0.25) is 5.91 Å². The maximum atomic E-state index is 12.6. The normalized spacial score (nSPS) is 16.7. The standard InChI is InChI=1S/C20H17F3N4O3/c1-25-17(28)10-26(19(25)30)8-12-2-5-16(24-7-12)13-3-4-15-14(6-13)9-27(18(15)29)11-20(21,22)23/h2-7H,8-11H2,1H3. The SMILES string of the molecule is CN1C(=O)CN(Cc2ccc(-c3ccc4c(c3)CN(CC(F)(F)F)C4=O)nc2)C1=O. The zero-order chi connectivity index (χ0) is 21.6. The number of urea groups is 1. The molecule has 0 spiro atoms. The predicted octanol–water partition coefficient (Wildman–Crippen LogP) is 2.66. The van der Waals surface area contributed by atoms with Gasteiger partial charge in [-0.1, -0.05) is 12.1 Å². The molecule has 4 amide bonds. The number of halogens is 3. The molecule has 2 aliphatic heterocycles. The van der Waals surface area contributed by atoms with Crippen molar-refractivity contribution in [3.63, 3.8) is 0 Å². The molecule has 1 aromatic heterocycles. The molecule has 0 atom stereocenters. The minimum atomic E-state index is -4.45. The van der Waals surface area contributed by atoms with Crippen molar-refractivity contribution in [2.75, 3.05) is 20.1 Å². The van der Waals surface area contributed by atoms with Crippen molar-refractivity contribution in [1.29, 1.82) is 0 Å². The summed E-state index contributed by atoms with van der Waals surface area (Å²) in [5, 5.41) is 0. The lowest BCUT2D eigenvalue weighted by molar-refractivity contribution is -0.141. The fourth-order valence-electron chi connectivity index (χ4n) is 3.57. The summed E-state index contributed by atoms with van der Waals surface area (Å²) in [6, 6.07) is 7.97. The highest BCUT2D eigenvalue weighted by molar-refractivity contribution is 6.01. The molecule has 10 heteroatoms. The van der Waals surface area contributed by atoms with Crippen molar-refractivity contribution in [1.82, 2.24) is 19.7 Å². The lowest BCUT2D eigenvalue weighted by Crippen LogP contribution is -2.34. The number of amides is 4. The second-order valence-electron chi connectivity index (χ2n) is 7.29. The number of carbonyl (C=O) groups is 3. The van der Waals surface area contributed by atoms with E-state index < -0.39 is 18.6 Å². The van der Waals surface area contributed by atoms with Crippen LogP contribution in [0.25, 0.3) is 11.3 Å². The molecule has 0 saturated carbocycles. The molecule has 2 aromatic rings. The summed E-state index contributed by atoms with van der Waals surface area (Å²) < 4.78 is 37.9. The number of hydrogen-bond donors (Lipinski definition) is 0. The number of imide groups is 1. The van der Waals surface area contributed by atoms with Gasteiger partial charge >= 0.3 is 12.2 Å². The van der Waals surface area contributed by atoms with Gasteiger partial charge in [-0.05, 0) is 29.3 Å². The van der Waals surface area contributed by atoms with E-state index in [1.165, 1.54) is 18.0 Å². The van der Waals surface area contributed by atoms with Gasteiger partial charge < -0.3 is 9.80 Å². The summed E-state index contributed by atoms with van der Waals surface area (Å²) >= 11 is 0. The molecular weight excluding hydrogens is 401 g/mol. The molecule has 2 aliphatic rings. The van der Waals surface area contributed by atoms with Crippen molar-refractivity contribution in [2.45, 2.75) is 19.3 Å². The number of alkyl halides is 3. The zero-order valence-corrected chi connectivity index (χ0v) is 15.9. The van der Waals surface area contributed by atoms with E-state index in [9.17, 15) is 27.6 Å². The fourth-order valence-corrected chi connectivity index (χ4v) is 3.57. The Labute approximate surface area is 169 Å². The minimum Gasteiger partial charge on any atom is -0.325 e. The van der Waals surface area contributed by atoms with Crippen LogP contribution in [-0.4, -0.2) is 63.8 Å². The molecule has 1 aromatic carbocycles. The van der Waals surface area contributed by atoms with Gasteiger partial charge in [-0.15, -0.1) is 0 Å². The van der Waals surface area contributed by atoms with Crippen LogP contribution in [0.2, 0.25) is 0 Å². The van der Waals surface area contributed by atoms with E-state index in [0.717, 1.165) is 15.4 Å². The van der Waals surface area contributed by atoms with Crippen molar-refractivity contribution >= 4 is 17.8 Å². The van der Waals surface area contributed by atoms with Gasteiger partial charge in [0.05, 0.1) is 5.69 Å². The monoisotopic (exact) mass is 418 g/mol. The first-order chi connectivity index (χ1) is 14.1. The van der Waals surface area contributed by atoms with E-state index in [1.807, 2.05) is 0 Å². The number of pyridine rings is 1. The Hall–Kier alpha value is -3.43. The number of rotatable bonds is 4. The molecule has 30 heavy (non-hydrogen) atoms. The molecule has 1 fully saturated rings. The Morgan fingerprint density at radius 3 is 2.40 bits per heavy atom. The third-order valence-corrected chi connectivity index (χ3v) is 5.11. The van der Waals surface area contributed by atoms with Gasteiger partial charge in [-0.2, -0.15) is 13.2 Å². The van der Waals surface area contributed by atoms with E-state index in [1.54, 1.807) is 30.5 Å². The first kappa shape index (κ1) is 19.9. The summed E-state index contributed by atoms with van der Waals surface area (Å²) in [6.45, 7) is -1.12. The molecule has 7 nitrogen and oxygen atoms in total. The topological polar surface area (TPSA) is 73.8 Å². The van der Waals surface area contributed by atoms with Gasteiger partial charge in [0.15, 0.2) is 0 Å². The summed E-state index contributed by atoms with van der Waals surface area (Å²) in [5.74, 6) is -0.899. The maximum absolute atomic E-state index is 12.6. The quantitative estimate of drug-likeness (QED) is 0.716. The predicted molar refractivity (Wildman–Crippen MR) is 99.0 cm³/mol. The third kappa shape index (κ3) is 3.72. The first-order valence-electron chi connectivity index (χ1n) is 9.12. The number of likely N-dealkylation sites (N-methyl/N-ethyl adjacent to an activating group) is 1. The van der Waals surface area contributed by atoms with Gasteiger partial charge in [-0.25, -0.2) is 4.79 Å². The number of hydrogen-bond acceptors (Lipinski definition) is 4. The highest BCUT2D eigenvalue weighted by Crippen LogP contribution is 2.30. The average Bonchev–Trinajstić information content (AvgIpc) is 3.11. The second-order valence-corrected chi connectivity index (χ2v) is 7.29. The average molecular weight is 418 g/mol. The van der Waals surface area contributed by atoms with Crippen LogP contribution in [0, 0.1) is 0 Å². The van der Waals surface area contributed by atoms with Gasteiger partial charge in [0.25, 0.3) is 5.91 Å². The summed E-state index contributed by atoms with van der Waals surface area (Å²) in [7, 11) is 1.43. The number of aromatic nitrogens is 1. The molecule has 0 unspecified atom stereocenters. The van der Waals surface area contributed by atoms with E-state index in [2.05, 4.69) is 4.98 Å². The zero-order valence-electron chi connectivity index (χ0n) is 15.9. The van der Waals surface area contributed by atoms with Crippen LogP contribution in [0.4, 0.5) is 18.0 Å². The maximum Gasteiger partial charge on any atom is 0.406 e. The number of nitrogens with zero attached hydrogens (tertiary/aromatic N) is 4.